The van der Waals surface area contributed by atoms with E-state index in [-0.39, 0.29) is 35.6 Å². The Morgan fingerprint density at radius 1 is 1.19 bits per heavy atom. The van der Waals surface area contributed by atoms with Gasteiger partial charge in [-0.3, -0.25) is 9.59 Å². The van der Waals surface area contributed by atoms with Gasteiger partial charge in [0, 0.05) is 12.1 Å². The van der Waals surface area contributed by atoms with Gasteiger partial charge in [0.25, 0.3) is 5.91 Å². The van der Waals surface area contributed by atoms with Gasteiger partial charge in [-0.05, 0) is 61.5 Å². The number of carbonyl (C=O) groups excluding carboxylic acids is 2. The Bertz CT molecular complexity index is 613. The molecular formula is C20H32ClN3O3. The van der Waals surface area contributed by atoms with Gasteiger partial charge in [0.1, 0.15) is 11.8 Å². The van der Waals surface area contributed by atoms with Crippen LogP contribution in [-0.4, -0.2) is 44.6 Å². The third-order valence-electron chi connectivity index (χ3n) is 5.09. The molecule has 2 amide bonds. The summed E-state index contributed by atoms with van der Waals surface area (Å²) in [6.07, 6.45) is 2.08. The lowest BCUT2D eigenvalue weighted by molar-refractivity contribution is -0.124. The number of piperidine rings is 1. The molecule has 1 aliphatic heterocycles. The molecule has 1 unspecified atom stereocenters. The summed E-state index contributed by atoms with van der Waals surface area (Å²) in [5, 5.41) is 9.26. The predicted molar refractivity (Wildman–Crippen MR) is 110 cm³/mol. The molecule has 1 heterocycles. The van der Waals surface area contributed by atoms with Crippen molar-refractivity contribution >= 4 is 24.2 Å². The van der Waals surface area contributed by atoms with E-state index in [4.69, 9.17) is 4.74 Å². The summed E-state index contributed by atoms with van der Waals surface area (Å²) in [5.41, 5.74) is 0.622. The Morgan fingerprint density at radius 3 is 2.30 bits per heavy atom. The minimum absolute atomic E-state index is 0. The number of hydrogen-bond donors (Lipinski definition) is 3. The highest BCUT2D eigenvalue weighted by Gasteiger charge is 2.30. The molecule has 1 aliphatic rings. The minimum Gasteiger partial charge on any atom is -0.497 e. The second-order valence-corrected chi connectivity index (χ2v) is 7.70. The fourth-order valence-corrected chi connectivity index (χ4v) is 3.12. The number of amides is 2. The predicted octanol–water partition coefficient (Wildman–Crippen LogP) is 2.38. The summed E-state index contributed by atoms with van der Waals surface area (Å²) >= 11 is 0. The van der Waals surface area contributed by atoms with Crippen LogP contribution in [0.3, 0.4) is 0 Å². The molecule has 0 saturated carbocycles. The highest BCUT2D eigenvalue weighted by atomic mass is 35.5. The van der Waals surface area contributed by atoms with Gasteiger partial charge >= 0.3 is 0 Å². The second-order valence-electron chi connectivity index (χ2n) is 7.70. The molecule has 1 aromatic rings. The third kappa shape index (κ3) is 6.70. The molecule has 1 fully saturated rings. The summed E-state index contributed by atoms with van der Waals surface area (Å²) < 4.78 is 5.11. The number of halogens is 1. The van der Waals surface area contributed by atoms with Crippen molar-refractivity contribution in [1.82, 2.24) is 16.0 Å². The van der Waals surface area contributed by atoms with E-state index in [1.54, 1.807) is 31.4 Å². The number of hydrogen-bond acceptors (Lipinski definition) is 4. The molecule has 152 valence electrons. The molecule has 0 bridgehead atoms. The van der Waals surface area contributed by atoms with Gasteiger partial charge in [-0.1, -0.05) is 20.8 Å². The summed E-state index contributed by atoms with van der Waals surface area (Å²) in [7, 11) is 1.58. The molecule has 6 nitrogen and oxygen atoms in total. The summed E-state index contributed by atoms with van der Waals surface area (Å²) in [4.78, 5) is 25.2. The highest BCUT2D eigenvalue weighted by Crippen LogP contribution is 2.26. The zero-order valence-corrected chi connectivity index (χ0v) is 17.4. The van der Waals surface area contributed by atoms with Crippen LogP contribution in [0, 0.1) is 11.3 Å². The number of benzene rings is 1. The van der Waals surface area contributed by atoms with E-state index in [9.17, 15) is 9.59 Å². The van der Waals surface area contributed by atoms with Gasteiger partial charge in [0.05, 0.1) is 7.11 Å². The zero-order chi connectivity index (χ0) is 19.2. The van der Waals surface area contributed by atoms with Crippen molar-refractivity contribution in [3.63, 3.8) is 0 Å². The van der Waals surface area contributed by atoms with Crippen LogP contribution in [0.15, 0.2) is 24.3 Å². The van der Waals surface area contributed by atoms with E-state index in [2.05, 4.69) is 22.9 Å². The molecule has 0 spiro atoms. The molecule has 1 atom stereocenters. The largest absolute Gasteiger partial charge is 0.497 e. The van der Waals surface area contributed by atoms with Crippen molar-refractivity contribution in [1.29, 1.82) is 0 Å². The third-order valence-corrected chi connectivity index (χ3v) is 5.09. The van der Waals surface area contributed by atoms with E-state index in [0.717, 1.165) is 25.9 Å². The van der Waals surface area contributed by atoms with Gasteiger partial charge in [0.2, 0.25) is 5.91 Å². The fourth-order valence-electron chi connectivity index (χ4n) is 3.12. The smallest absolute Gasteiger partial charge is 0.251 e. The van der Waals surface area contributed by atoms with Crippen LogP contribution >= 0.6 is 12.4 Å². The van der Waals surface area contributed by atoms with Crippen molar-refractivity contribution in [2.75, 3.05) is 26.7 Å². The van der Waals surface area contributed by atoms with Gasteiger partial charge < -0.3 is 20.7 Å². The number of nitrogens with one attached hydrogen (secondary N) is 3. The molecule has 2 rings (SSSR count). The van der Waals surface area contributed by atoms with E-state index in [0.29, 0.717) is 17.9 Å². The SMILES string of the molecule is COc1ccc(C(=O)NC(C(=O)NCC2(C)CCNCC2)C(C)C)cc1.Cl. The molecule has 0 radical (unpaired) electrons. The Morgan fingerprint density at radius 2 is 1.78 bits per heavy atom. The van der Waals surface area contributed by atoms with E-state index in [1.807, 2.05) is 13.8 Å². The first-order chi connectivity index (χ1) is 12.3. The maximum Gasteiger partial charge on any atom is 0.251 e. The fraction of sp³-hybridized carbons (Fsp3) is 0.600. The quantitative estimate of drug-likeness (QED) is 0.660. The van der Waals surface area contributed by atoms with Crippen LogP contribution in [0.4, 0.5) is 0 Å². The van der Waals surface area contributed by atoms with Crippen molar-refractivity contribution in [2.45, 2.75) is 39.7 Å². The van der Waals surface area contributed by atoms with E-state index < -0.39 is 6.04 Å². The molecule has 0 aromatic heterocycles. The molecule has 7 heteroatoms. The zero-order valence-electron chi connectivity index (χ0n) is 16.6. The van der Waals surface area contributed by atoms with Gasteiger partial charge in [0.15, 0.2) is 0 Å². The first-order valence-corrected chi connectivity index (χ1v) is 9.28. The summed E-state index contributed by atoms with van der Waals surface area (Å²) in [5.74, 6) is 0.309. The molecule has 3 N–H and O–H groups in total. The van der Waals surface area contributed by atoms with Crippen molar-refractivity contribution in [2.24, 2.45) is 11.3 Å². The Balaban J connectivity index is 0.00000364. The number of methoxy groups -OCH3 is 1. The first kappa shape index (κ1) is 23.2. The highest BCUT2D eigenvalue weighted by molar-refractivity contribution is 5.97. The molecule has 1 aromatic carbocycles. The average molecular weight is 398 g/mol. The monoisotopic (exact) mass is 397 g/mol. The number of rotatable bonds is 7. The second kappa shape index (κ2) is 10.5. The molecular weight excluding hydrogens is 366 g/mol. The van der Waals surface area contributed by atoms with Crippen molar-refractivity contribution in [3.8, 4) is 5.75 Å². The Labute approximate surface area is 168 Å². The lowest BCUT2D eigenvalue weighted by atomic mass is 9.81. The summed E-state index contributed by atoms with van der Waals surface area (Å²) in [6, 6.07) is 6.29. The Kier molecular flexibility index (Phi) is 9.06. The van der Waals surface area contributed by atoms with Crippen molar-refractivity contribution in [3.05, 3.63) is 29.8 Å². The molecule has 0 aliphatic carbocycles. The van der Waals surface area contributed by atoms with E-state index >= 15 is 0 Å². The van der Waals surface area contributed by atoms with Crippen LogP contribution in [-0.2, 0) is 4.79 Å². The lowest BCUT2D eigenvalue weighted by Gasteiger charge is -2.35. The number of carbonyl (C=O) groups is 2. The van der Waals surface area contributed by atoms with Crippen LogP contribution in [0.1, 0.15) is 44.0 Å². The normalized spacial score (nSPS) is 16.8. The standard InChI is InChI=1S/C20H31N3O3.ClH/c1-14(2)17(19(25)22-13-20(3)9-11-21-12-10-20)23-18(24)15-5-7-16(26-4)8-6-15;/h5-8,14,17,21H,9-13H2,1-4H3,(H,22,25)(H,23,24);1H. The topological polar surface area (TPSA) is 79.5 Å². The number of ether oxygens (including phenoxy) is 1. The maximum absolute atomic E-state index is 12.7. The van der Waals surface area contributed by atoms with Crippen LogP contribution in [0.5, 0.6) is 5.75 Å². The van der Waals surface area contributed by atoms with Crippen LogP contribution in [0.2, 0.25) is 0 Å². The Hall–Kier alpha value is -1.79. The van der Waals surface area contributed by atoms with Gasteiger partial charge in [-0.25, -0.2) is 0 Å². The molecule has 27 heavy (non-hydrogen) atoms. The average Bonchev–Trinajstić information content (AvgIpc) is 2.64. The summed E-state index contributed by atoms with van der Waals surface area (Å²) in [6.45, 7) is 8.67. The van der Waals surface area contributed by atoms with Crippen LogP contribution in [0.25, 0.3) is 0 Å². The molecule has 1 saturated heterocycles. The first-order valence-electron chi connectivity index (χ1n) is 9.28. The van der Waals surface area contributed by atoms with Crippen molar-refractivity contribution < 1.29 is 14.3 Å². The van der Waals surface area contributed by atoms with Gasteiger partial charge in [-0.2, -0.15) is 0 Å². The van der Waals surface area contributed by atoms with Crippen LogP contribution < -0.4 is 20.7 Å². The van der Waals surface area contributed by atoms with E-state index in [1.165, 1.54) is 0 Å². The van der Waals surface area contributed by atoms with Gasteiger partial charge in [-0.15, -0.1) is 12.4 Å². The minimum atomic E-state index is -0.560. The lowest BCUT2D eigenvalue weighted by Crippen LogP contribution is -2.52. The maximum atomic E-state index is 12.7.